The average Bonchev–Trinajstić information content (AvgIpc) is 2.03. The third kappa shape index (κ3) is 2.15. The van der Waals surface area contributed by atoms with Crippen molar-refractivity contribution >= 4 is 11.8 Å². The monoisotopic (exact) mass is 188 g/mol. The Morgan fingerprint density at radius 2 is 1.75 bits per heavy atom. The zero-order valence-corrected chi connectivity index (χ0v) is 7.12. The highest BCUT2D eigenvalue weighted by Gasteiger charge is 2.22. The summed E-state index contributed by atoms with van der Waals surface area (Å²) in [6.07, 6.45) is 4.09. The second-order valence-electron chi connectivity index (χ2n) is 2.09. The summed E-state index contributed by atoms with van der Waals surface area (Å²) in [6.45, 7) is 0. The van der Waals surface area contributed by atoms with E-state index in [2.05, 4.69) is 9.97 Å². The molecule has 0 bridgehead atoms. The van der Waals surface area contributed by atoms with Crippen LogP contribution in [-0.2, 0) is 5.97 Å². The van der Waals surface area contributed by atoms with Crippen LogP contribution in [0.1, 0.15) is 5.56 Å². The maximum atomic E-state index is 8.68. The van der Waals surface area contributed by atoms with Crippen LogP contribution in [0.2, 0.25) is 0 Å². The van der Waals surface area contributed by atoms with Gasteiger partial charge in [-0.2, -0.15) is 0 Å². The predicted octanol–water partition coefficient (Wildman–Crippen LogP) is -0.714. The molecule has 0 radical (unpaired) electrons. The van der Waals surface area contributed by atoms with Crippen LogP contribution in [-0.4, -0.2) is 31.5 Å². The van der Waals surface area contributed by atoms with Gasteiger partial charge in [-0.3, -0.25) is 0 Å². The van der Waals surface area contributed by atoms with Crippen molar-refractivity contribution < 1.29 is 15.3 Å². The molecule has 0 unspecified atom stereocenters. The molecule has 1 aromatic heterocycles. The SMILES string of the molecule is CSc1ncc(C(O)(O)O)cn1. The number of hydrogen-bond donors (Lipinski definition) is 3. The Kier molecular flexibility index (Phi) is 2.63. The van der Waals surface area contributed by atoms with E-state index in [1.165, 1.54) is 11.8 Å². The predicted molar refractivity (Wildman–Crippen MR) is 42.1 cm³/mol. The number of thioether (sulfide) groups is 1. The van der Waals surface area contributed by atoms with Gasteiger partial charge in [0.05, 0.1) is 5.56 Å². The first kappa shape index (κ1) is 9.40. The first-order valence-corrected chi connectivity index (χ1v) is 4.30. The van der Waals surface area contributed by atoms with Crippen molar-refractivity contribution in [2.45, 2.75) is 11.1 Å². The average molecular weight is 188 g/mol. The number of hydrogen-bond acceptors (Lipinski definition) is 6. The molecule has 0 aliphatic carbocycles. The molecular formula is C6H8N2O3S. The van der Waals surface area contributed by atoms with Gasteiger partial charge in [-0.1, -0.05) is 11.8 Å². The Hall–Kier alpha value is -0.690. The van der Waals surface area contributed by atoms with E-state index in [0.29, 0.717) is 5.16 Å². The molecule has 1 rings (SSSR count). The third-order valence-electron chi connectivity index (χ3n) is 1.20. The molecule has 0 aliphatic heterocycles. The van der Waals surface area contributed by atoms with E-state index in [-0.39, 0.29) is 5.56 Å². The Labute approximate surface area is 73.1 Å². The maximum absolute atomic E-state index is 8.68. The fourth-order valence-electron chi connectivity index (χ4n) is 0.595. The molecule has 0 fully saturated rings. The largest absolute Gasteiger partial charge is 0.340 e. The van der Waals surface area contributed by atoms with Gasteiger partial charge in [0.1, 0.15) is 0 Å². The first-order chi connectivity index (χ1) is 5.54. The quantitative estimate of drug-likeness (QED) is 0.323. The van der Waals surface area contributed by atoms with E-state index < -0.39 is 5.97 Å². The molecule has 0 saturated heterocycles. The second-order valence-corrected chi connectivity index (χ2v) is 2.87. The summed E-state index contributed by atoms with van der Waals surface area (Å²) in [6, 6.07) is 0. The van der Waals surface area contributed by atoms with Crippen molar-refractivity contribution in [2.75, 3.05) is 6.26 Å². The zero-order valence-electron chi connectivity index (χ0n) is 6.30. The fourth-order valence-corrected chi connectivity index (χ4v) is 0.911. The van der Waals surface area contributed by atoms with Crippen LogP contribution in [0.5, 0.6) is 0 Å². The van der Waals surface area contributed by atoms with Gasteiger partial charge in [0.25, 0.3) is 0 Å². The van der Waals surface area contributed by atoms with Crippen LogP contribution in [0.25, 0.3) is 0 Å². The lowest BCUT2D eigenvalue weighted by Gasteiger charge is -2.12. The molecule has 0 aromatic carbocycles. The van der Waals surface area contributed by atoms with Crippen molar-refractivity contribution in [1.29, 1.82) is 0 Å². The van der Waals surface area contributed by atoms with Gasteiger partial charge in [0.15, 0.2) is 5.16 Å². The lowest BCUT2D eigenvalue weighted by Crippen LogP contribution is -2.24. The minimum atomic E-state index is -2.85. The van der Waals surface area contributed by atoms with Gasteiger partial charge in [-0.15, -0.1) is 0 Å². The molecule has 0 amide bonds. The van der Waals surface area contributed by atoms with Crippen molar-refractivity contribution in [3.8, 4) is 0 Å². The normalized spacial score (nSPS) is 11.7. The summed E-state index contributed by atoms with van der Waals surface area (Å²) in [4.78, 5) is 7.47. The summed E-state index contributed by atoms with van der Waals surface area (Å²) in [5, 5.41) is 26.5. The van der Waals surface area contributed by atoms with E-state index in [1.54, 1.807) is 6.26 Å². The van der Waals surface area contributed by atoms with Gasteiger partial charge in [-0.25, -0.2) is 9.97 Å². The van der Waals surface area contributed by atoms with E-state index in [9.17, 15) is 0 Å². The summed E-state index contributed by atoms with van der Waals surface area (Å²) in [7, 11) is 0. The minimum absolute atomic E-state index is 0.152. The van der Waals surface area contributed by atoms with Crippen molar-refractivity contribution in [3.63, 3.8) is 0 Å². The molecule has 1 aromatic rings. The lowest BCUT2D eigenvalue weighted by atomic mass is 10.3. The molecule has 6 heteroatoms. The Balaban J connectivity index is 2.93. The van der Waals surface area contributed by atoms with Crippen LogP contribution >= 0.6 is 11.8 Å². The molecule has 12 heavy (non-hydrogen) atoms. The van der Waals surface area contributed by atoms with Crippen LogP contribution in [0, 0.1) is 0 Å². The van der Waals surface area contributed by atoms with Gasteiger partial charge < -0.3 is 15.3 Å². The van der Waals surface area contributed by atoms with Crippen LogP contribution in [0.3, 0.4) is 0 Å². The molecule has 3 N–H and O–H groups in total. The maximum Gasteiger partial charge on any atom is 0.307 e. The Morgan fingerprint density at radius 3 is 2.08 bits per heavy atom. The molecule has 0 spiro atoms. The van der Waals surface area contributed by atoms with Gasteiger partial charge in [0.2, 0.25) is 0 Å². The highest BCUT2D eigenvalue weighted by Crippen LogP contribution is 2.14. The number of aromatic nitrogens is 2. The summed E-state index contributed by atoms with van der Waals surface area (Å²) < 4.78 is 0. The van der Waals surface area contributed by atoms with E-state index in [1.807, 2.05) is 0 Å². The molecule has 0 saturated carbocycles. The highest BCUT2D eigenvalue weighted by molar-refractivity contribution is 7.98. The van der Waals surface area contributed by atoms with Crippen LogP contribution < -0.4 is 0 Å². The van der Waals surface area contributed by atoms with Gasteiger partial charge >= 0.3 is 5.97 Å². The van der Waals surface area contributed by atoms with E-state index >= 15 is 0 Å². The van der Waals surface area contributed by atoms with Crippen molar-refractivity contribution in [1.82, 2.24) is 9.97 Å². The fraction of sp³-hybridized carbons (Fsp3) is 0.333. The van der Waals surface area contributed by atoms with E-state index in [4.69, 9.17) is 15.3 Å². The molecule has 5 nitrogen and oxygen atoms in total. The van der Waals surface area contributed by atoms with Gasteiger partial charge in [-0.05, 0) is 6.26 Å². The smallest absolute Gasteiger partial charge is 0.307 e. The molecule has 0 aliphatic rings. The molecular weight excluding hydrogens is 180 g/mol. The van der Waals surface area contributed by atoms with Crippen LogP contribution in [0.4, 0.5) is 0 Å². The standard InChI is InChI=1S/C6H8N2O3S/c1-12-5-7-2-4(3-8-5)6(9,10)11/h2-3,9-11H,1H3. The summed E-state index contributed by atoms with van der Waals surface area (Å²) >= 11 is 1.32. The topological polar surface area (TPSA) is 86.5 Å². The van der Waals surface area contributed by atoms with Crippen molar-refractivity contribution in [3.05, 3.63) is 18.0 Å². The number of rotatable bonds is 2. The van der Waals surface area contributed by atoms with Crippen molar-refractivity contribution in [2.24, 2.45) is 0 Å². The van der Waals surface area contributed by atoms with Gasteiger partial charge in [0, 0.05) is 12.4 Å². The van der Waals surface area contributed by atoms with E-state index in [0.717, 1.165) is 12.4 Å². The number of aliphatic hydroxyl groups is 3. The van der Waals surface area contributed by atoms with Crippen LogP contribution in [0.15, 0.2) is 17.6 Å². The lowest BCUT2D eigenvalue weighted by molar-refractivity contribution is -0.324. The highest BCUT2D eigenvalue weighted by atomic mass is 32.2. The Morgan fingerprint density at radius 1 is 1.25 bits per heavy atom. The molecule has 66 valence electrons. The zero-order chi connectivity index (χ0) is 9.19. The molecule has 0 atom stereocenters. The first-order valence-electron chi connectivity index (χ1n) is 3.07. The summed E-state index contributed by atoms with van der Waals surface area (Å²) in [5.74, 6) is -2.85. The molecule has 1 heterocycles. The number of nitrogens with zero attached hydrogens (tertiary/aromatic N) is 2. The minimum Gasteiger partial charge on any atom is -0.340 e. The third-order valence-corrected chi connectivity index (χ3v) is 1.77. The Bertz CT molecular complexity index is 256. The summed E-state index contributed by atoms with van der Waals surface area (Å²) in [5.41, 5.74) is -0.152. The second kappa shape index (κ2) is 3.36.